The molecular weight excluding hydrogens is 210 g/mol. The first-order valence-corrected chi connectivity index (χ1v) is 5.83. The Balaban J connectivity index is 2.75. The maximum Gasteiger partial charge on any atom is 0.259 e. The van der Waals surface area contributed by atoms with Crippen molar-refractivity contribution in [2.24, 2.45) is 0 Å². The zero-order chi connectivity index (χ0) is 12.3. The van der Waals surface area contributed by atoms with Crippen molar-refractivity contribution < 1.29 is 0 Å². The quantitative estimate of drug-likeness (QED) is 0.736. The van der Waals surface area contributed by atoms with Gasteiger partial charge in [0.25, 0.3) is 5.56 Å². The van der Waals surface area contributed by atoms with Crippen molar-refractivity contribution in [1.82, 2.24) is 4.57 Å². The van der Waals surface area contributed by atoms with Crippen molar-refractivity contribution in [1.29, 1.82) is 0 Å². The Hall–Kier alpha value is -2.01. The van der Waals surface area contributed by atoms with Crippen molar-refractivity contribution in [3.05, 3.63) is 46.4 Å². The summed E-state index contributed by atoms with van der Waals surface area (Å²) >= 11 is 0. The number of fused-ring (bicyclic) bond motifs is 1. The minimum Gasteiger partial charge on any atom is -0.300 e. The van der Waals surface area contributed by atoms with Crippen molar-refractivity contribution in [3.63, 3.8) is 0 Å². The van der Waals surface area contributed by atoms with Crippen LogP contribution in [0.25, 0.3) is 10.8 Å². The molecule has 2 heteroatoms. The molecule has 0 fully saturated rings. The summed E-state index contributed by atoms with van der Waals surface area (Å²) in [4.78, 5) is 12.3. The largest absolute Gasteiger partial charge is 0.300 e. The summed E-state index contributed by atoms with van der Waals surface area (Å²) in [6, 6.07) is 9.71. The average Bonchev–Trinajstić information content (AvgIpc) is 2.34. The van der Waals surface area contributed by atoms with E-state index in [1.807, 2.05) is 24.3 Å². The van der Waals surface area contributed by atoms with E-state index >= 15 is 0 Å². The first kappa shape index (κ1) is 11.5. The fraction of sp³-hybridized carbons (Fsp3) is 0.267. The molecule has 0 amide bonds. The summed E-state index contributed by atoms with van der Waals surface area (Å²) in [5.41, 5.74) is 1.04. The number of benzene rings is 1. The fourth-order valence-corrected chi connectivity index (χ4v) is 2.08. The molecule has 0 saturated heterocycles. The van der Waals surface area contributed by atoms with Crippen molar-refractivity contribution in [2.75, 3.05) is 0 Å². The average molecular weight is 225 g/mol. The van der Waals surface area contributed by atoms with Gasteiger partial charge in [-0.25, -0.2) is 0 Å². The number of hydrogen-bond donors (Lipinski definition) is 0. The standard InChI is InChI=1S/C15H15NO/c1-3-7-13-11-12-8-5-6-9-14(12)15(17)16(13)10-4-2/h2,5-6,8-9,11H,3,7,10H2,1H3. The summed E-state index contributed by atoms with van der Waals surface area (Å²) in [5.74, 6) is 2.55. The maximum atomic E-state index is 12.3. The van der Waals surface area contributed by atoms with Gasteiger partial charge < -0.3 is 4.57 Å². The molecule has 86 valence electrons. The van der Waals surface area contributed by atoms with E-state index in [2.05, 4.69) is 18.9 Å². The molecule has 1 aromatic heterocycles. The Morgan fingerprint density at radius 3 is 2.82 bits per heavy atom. The summed E-state index contributed by atoms with van der Waals surface area (Å²) in [5, 5.41) is 1.73. The zero-order valence-corrected chi connectivity index (χ0v) is 9.94. The minimum absolute atomic E-state index is 0.0181. The van der Waals surface area contributed by atoms with Crippen LogP contribution in [0, 0.1) is 12.3 Å². The van der Waals surface area contributed by atoms with Gasteiger partial charge in [0.05, 0.1) is 6.54 Å². The van der Waals surface area contributed by atoms with Gasteiger partial charge in [-0.05, 0) is 23.9 Å². The second-order valence-electron chi connectivity index (χ2n) is 4.07. The van der Waals surface area contributed by atoms with E-state index in [1.54, 1.807) is 4.57 Å². The lowest BCUT2D eigenvalue weighted by Crippen LogP contribution is -2.23. The zero-order valence-electron chi connectivity index (χ0n) is 9.94. The van der Waals surface area contributed by atoms with Gasteiger partial charge in [-0.3, -0.25) is 4.79 Å². The Morgan fingerprint density at radius 1 is 1.35 bits per heavy atom. The second kappa shape index (κ2) is 4.88. The molecule has 0 radical (unpaired) electrons. The van der Waals surface area contributed by atoms with Gasteiger partial charge in [0.1, 0.15) is 0 Å². The molecular formula is C15H15NO. The summed E-state index contributed by atoms with van der Waals surface area (Å²) in [7, 11) is 0. The highest BCUT2D eigenvalue weighted by atomic mass is 16.1. The van der Waals surface area contributed by atoms with Gasteiger partial charge in [0.15, 0.2) is 0 Å². The number of rotatable bonds is 3. The van der Waals surface area contributed by atoms with Crippen LogP contribution in [-0.4, -0.2) is 4.57 Å². The number of hydrogen-bond acceptors (Lipinski definition) is 1. The molecule has 1 heterocycles. The number of aryl methyl sites for hydroxylation is 1. The van der Waals surface area contributed by atoms with Crippen LogP contribution in [0.4, 0.5) is 0 Å². The third-order valence-electron chi connectivity index (χ3n) is 2.86. The van der Waals surface area contributed by atoms with Gasteiger partial charge in [-0.1, -0.05) is 37.5 Å². The van der Waals surface area contributed by atoms with E-state index in [1.165, 1.54) is 0 Å². The highest BCUT2D eigenvalue weighted by Crippen LogP contribution is 2.13. The molecule has 0 aliphatic rings. The molecule has 0 spiro atoms. The van der Waals surface area contributed by atoms with Crippen LogP contribution in [0.2, 0.25) is 0 Å². The predicted octanol–water partition coefficient (Wildman–Crippen LogP) is 2.59. The van der Waals surface area contributed by atoms with Crippen LogP contribution in [0.15, 0.2) is 35.1 Å². The third kappa shape index (κ3) is 2.09. The molecule has 0 unspecified atom stereocenters. The van der Waals surface area contributed by atoms with E-state index in [9.17, 15) is 4.79 Å². The Labute approximate surface area is 101 Å². The van der Waals surface area contributed by atoms with Gasteiger partial charge in [-0.2, -0.15) is 0 Å². The number of nitrogens with zero attached hydrogens (tertiary/aromatic N) is 1. The second-order valence-corrected chi connectivity index (χ2v) is 4.07. The molecule has 0 atom stereocenters. The van der Waals surface area contributed by atoms with Crippen LogP contribution < -0.4 is 5.56 Å². The van der Waals surface area contributed by atoms with Crippen LogP contribution >= 0.6 is 0 Å². The smallest absolute Gasteiger partial charge is 0.259 e. The number of pyridine rings is 1. The van der Waals surface area contributed by atoms with Crippen molar-refractivity contribution in [3.8, 4) is 12.3 Å². The Bertz CT molecular complexity index is 631. The topological polar surface area (TPSA) is 22.0 Å². The Kier molecular flexibility index (Phi) is 3.30. The van der Waals surface area contributed by atoms with E-state index in [0.29, 0.717) is 6.54 Å². The summed E-state index contributed by atoms with van der Waals surface area (Å²) < 4.78 is 1.70. The third-order valence-corrected chi connectivity index (χ3v) is 2.86. The normalized spacial score (nSPS) is 10.4. The molecule has 17 heavy (non-hydrogen) atoms. The van der Waals surface area contributed by atoms with E-state index in [0.717, 1.165) is 29.3 Å². The summed E-state index contributed by atoms with van der Waals surface area (Å²) in [6.45, 7) is 2.44. The molecule has 0 bridgehead atoms. The van der Waals surface area contributed by atoms with Crippen LogP contribution in [-0.2, 0) is 13.0 Å². The predicted molar refractivity (Wildman–Crippen MR) is 71.0 cm³/mol. The Morgan fingerprint density at radius 2 is 2.12 bits per heavy atom. The van der Waals surface area contributed by atoms with Crippen LogP contribution in [0.1, 0.15) is 19.0 Å². The lowest BCUT2D eigenvalue weighted by Gasteiger charge is -2.11. The molecule has 2 rings (SSSR count). The first-order valence-electron chi connectivity index (χ1n) is 5.83. The van der Waals surface area contributed by atoms with E-state index < -0.39 is 0 Å². The lowest BCUT2D eigenvalue weighted by atomic mass is 10.1. The molecule has 0 saturated carbocycles. The summed E-state index contributed by atoms with van der Waals surface area (Å²) in [6.07, 6.45) is 7.21. The molecule has 0 N–H and O–H groups in total. The monoisotopic (exact) mass is 225 g/mol. The molecule has 2 nitrogen and oxygen atoms in total. The SMILES string of the molecule is C#CCn1c(CCC)cc2ccccc2c1=O. The van der Waals surface area contributed by atoms with Gasteiger partial charge in [-0.15, -0.1) is 6.42 Å². The van der Waals surface area contributed by atoms with E-state index in [4.69, 9.17) is 6.42 Å². The van der Waals surface area contributed by atoms with Crippen LogP contribution in [0.5, 0.6) is 0 Å². The van der Waals surface area contributed by atoms with Crippen molar-refractivity contribution >= 4 is 10.8 Å². The highest BCUT2D eigenvalue weighted by molar-refractivity contribution is 5.81. The highest BCUT2D eigenvalue weighted by Gasteiger charge is 2.07. The van der Waals surface area contributed by atoms with Crippen LogP contribution in [0.3, 0.4) is 0 Å². The molecule has 2 aromatic rings. The van der Waals surface area contributed by atoms with Crippen molar-refractivity contribution in [2.45, 2.75) is 26.3 Å². The minimum atomic E-state index is 0.0181. The number of terminal acetylenes is 1. The van der Waals surface area contributed by atoms with Gasteiger partial charge in [0, 0.05) is 11.1 Å². The first-order chi connectivity index (χ1) is 8.27. The fourth-order valence-electron chi connectivity index (χ4n) is 2.08. The van der Waals surface area contributed by atoms with E-state index in [-0.39, 0.29) is 5.56 Å². The molecule has 0 aliphatic carbocycles. The van der Waals surface area contributed by atoms with Gasteiger partial charge >= 0.3 is 0 Å². The maximum absolute atomic E-state index is 12.3. The molecule has 0 aliphatic heterocycles. The lowest BCUT2D eigenvalue weighted by molar-refractivity contribution is 0.717. The molecule has 1 aromatic carbocycles. The number of aromatic nitrogens is 1. The van der Waals surface area contributed by atoms with Gasteiger partial charge in [0.2, 0.25) is 0 Å².